The number of carbonyl (C=O) groups is 2. The summed E-state index contributed by atoms with van der Waals surface area (Å²) < 4.78 is 0. The number of phenolic OH excluding ortho intramolecular Hbond substituents is 1. The molecule has 0 saturated heterocycles. The summed E-state index contributed by atoms with van der Waals surface area (Å²) in [6.07, 6.45) is 0. The average Bonchev–Trinajstić information content (AvgIpc) is 2.47. The molecule has 3 N–H and O–H groups in total. The maximum absolute atomic E-state index is 11.9. The molecule has 2 aromatic rings. The van der Waals surface area contributed by atoms with Gasteiger partial charge in [-0.15, -0.1) is 0 Å². The van der Waals surface area contributed by atoms with E-state index >= 15 is 0 Å². The van der Waals surface area contributed by atoms with Gasteiger partial charge in [-0.25, -0.2) is 0 Å². The molecule has 0 aromatic heterocycles. The first kappa shape index (κ1) is 15.6. The fourth-order valence-electron chi connectivity index (χ4n) is 1.93. The van der Waals surface area contributed by atoms with Crippen LogP contribution in [0.2, 0.25) is 0 Å². The molecule has 0 aliphatic heterocycles. The number of amides is 2. The minimum atomic E-state index is -0.791. The zero-order valence-electron chi connectivity index (χ0n) is 12.5. The molecule has 114 valence electrons. The van der Waals surface area contributed by atoms with Crippen LogP contribution in [0.25, 0.3) is 0 Å². The smallest absolute Gasteiger partial charge is 0.314 e. The Balaban J connectivity index is 2.02. The van der Waals surface area contributed by atoms with Crippen LogP contribution in [0.5, 0.6) is 5.75 Å². The van der Waals surface area contributed by atoms with Gasteiger partial charge in [-0.1, -0.05) is 32.0 Å². The van der Waals surface area contributed by atoms with Crippen LogP contribution in [-0.4, -0.2) is 16.9 Å². The molecule has 0 heterocycles. The summed E-state index contributed by atoms with van der Waals surface area (Å²) in [6, 6.07) is 13.4. The highest BCUT2D eigenvalue weighted by Crippen LogP contribution is 2.19. The van der Waals surface area contributed by atoms with Crippen LogP contribution in [0.15, 0.2) is 48.5 Å². The van der Waals surface area contributed by atoms with E-state index in [-0.39, 0.29) is 5.75 Å². The Bertz CT molecular complexity index is 696. The van der Waals surface area contributed by atoms with Crippen LogP contribution < -0.4 is 10.6 Å². The van der Waals surface area contributed by atoms with Crippen molar-refractivity contribution in [3.8, 4) is 5.75 Å². The largest absolute Gasteiger partial charge is 0.508 e. The summed E-state index contributed by atoms with van der Waals surface area (Å²) in [5.74, 6) is -1.20. The molecular formula is C17H18N2O3. The monoisotopic (exact) mass is 298 g/mol. The molecule has 0 aliphatic rings. The van der Waals surface area contributed by atoms with E-state index in [4.69, 9.17) is 0 Å². The molecule has 0 radical (unpaired) electrons. The zero-order chi connectivity index (χ0) is 16.1. The number of rotatable bonds is 3. The van der Waals surface area contributed by atoms with Crippen LogP contribution in [0.3, 0.4) is 0 Å². The molecule has 2 amide bonds. The van der Waals surface area contributed by atoms with Gasteiger partial charge < -0.3 is 15.7 Å². The summed E-state index contributed by atoms with van der Waals surface area (Å²) in [5, 5.41) is 14.3. The topological polar surface area (TPSA) is 78.4 Å². The first-order valence-electron chi connectivity index (χ1n) is 6.97. The molecule has 0 atom stereocenters. The number of benzene rings is 2. The number of phenols is 1. The predicted molar refractivity (Wildman–Crippen MR) is 85.9 cm³/mol. The second-order valence-corrected chi connectivity index (χ2v) is 5.24. The van der Waals surface area contributed by atoms with Crippen LogP contribution in [0.1, 0.15) is 25.3 Å². The van der Waals surface area contributed by atoms with Crippen molar-refractivity contribution in [2.45, 2.75) is 19.8 Å². The number of nitrogens with one attached hydrogen (secondary N) is 2. The Labute approximate surface area is 129 Å². The second kappa shape index (κ2) is 6.76. The van der Waals surface area contributed by atoms with Crippen LogP contribution in [0, 0.1) is 0 Å². The molecule has 0 bridgehead atoms. The van der Waals surface area contributed by atoms with Crippen molar-refractivity contribution < 1.29 is 14.7 Å². The molecule has 0 aliphatic carbocycles. The highest BCUT2D eigenvalue weighted by atomic mass is 16.3. The molecule has 0 saturated carbocycles. The third kappa shape index (κ3) is 4.09. The Kier molecular flexibility index (Phi) is 4.78. The first-order valence-corrected chi connectivity index (χ1v) is 6.97. The molecular weight excluding hydrogens is 280 g/mol. The van der Waals surface area contributed by atoms with Crippen molar-refractivity contribution in [3.05, 3.63) is 54.1 Å². The highest BCUT2D eigenvalue weighted by molar-refractivity contribution is 6.43. The van der Waals surface area contributed by atoms with Crippen molar-refractivity contribution in [1.29, 1.82) is 0 Å². The van der Waals surface area contributed by atoms with E-state index in [9.17, 15) is 14.7 Å². The van der Waals surface area contributed by atoms with Gasteiger partial charge in [0.25, 0.3) is 0 Å². The lowest BCUT2D eigenvalue weighted by atomic mass is 10.0. The van der Waals surface area contributed by atoms with Gasteiger partial charge in [-0.05, 0) is 35.7 Å². The zero-order valence-corrected chi connectivity index (χ0v) is 12.5. The Morgan fingerprint density at radius 3 is 2.00 bits per heavy atom. The molecule has 22 heavy (non-hydrogen) atoms. The van der Waals surface area contributed by atoms with Crippen molar-refractivity contribution in [2.75, 3.05) is 10.6 Å². The summed E-state index contributed by atoms with van der Waals surface area (Å²) in [4.78, 5) is 23.7. The third-order valence-corrected chi connectivity index (χ3v) is 3.12. The molecule has 5 nitrogen and oxygen atoms in total. The lowest BCUT2D eigenvalue weighted by Gasteiger charge is -2.10. The van der Waals surface area contributed by atoms with Crippen LogP contribution in [0.4, 0.5) is 11.4 Å². The minimum Gasteiger partial charge on any atom is -0.508 e. The van der Waals surface area contributed by atoms with Gasteiger partial charge in [0.1, 0.15) is 5.75 Å². The Morgan fingerprint density at radius 1 is 0.909 bits per heavy atom. The van der Waals surface area contributed by atoms with Gasteiger partial charge in [0, 0.05) is 17.4 Å². The quantitative estimate of drug-likeness (QED) is 0.762. The maximum atomic E-state index is 11.9. The molecule has 5 heteroatoms. The van der Waals surface area contributed by atoms with E-state index in [1.807, 2.05) is 18.2 Å². The molecule has 0 unspecified atom stereocenters. The summed E-state index contributed by atoms with van der Waals surface area (Å²) >= 11 is 0. The van der Waals surface area contributed by atoms with Gasteiger partial charge in [0.2, 0.25) is 0 Å². The lowest BCUT2D eigenvalue weighted by Crippen LogP contribution is -2.29. The highest BCUT2D eigenvalue weighted by Gasteiger charge is 2.14. The van der Waals surface area contributed by atoms with Crippen molar-refractivity contribution >= 4 is 23.2 Å². The van der Waals surface area contributed by atoms with Gasteiger partial charge in [0.15, 0.2) is 0 Å². The van der Waals surface area contributed by atoms with E-state index in [1.54, 1.807) is 18.2 Å². The van der Waals surface area contributed by atoms with Crippen LogP contribution >= 0.6 is 0 Å². The first-order chi connectivity index (χ1) is 10.5. The molecule has 0 fully saturated rings. The minimum absolute atomic E-state index is 0.0165. The van der Waals surface area contributed by atoms with Gasteiger partial charge >= 0.3 is 11.8 Å². The molecule has 2 rings (SSSR count). The van der Waals surface area contributed by atoms with E-state index in [0.29, 0.717) is 17.3 Å². The number of hydrogen-bond donors (Lipinski definition) is 3. The van der Waals surface area contributed by atoms with E-state index in [0.717, 1.165) is 5.56 Å². The second-order valence-electron chi connectivity index (χ2n) is 5.24. The molecule has 2 aromatic carbocycles. The van der Waals surface area contributed by atoms with E-state index in [1.165, 1.54) is 12.1 Å². The Morgan fingerprint density at radius 2 is 1.45 bits per heavy atom. The van der Waals surface area contributed by atoms with Crippen molar-refractivity contribution in [2.24, 2.45) is 0 Å². The number of aromatic hydroxyl groups is 1. The van der Waals surface area contributed by atoms with Gasteiger partial charge in [0.05, 0.1) is 0 Å². The van der Waals surface area contributed by atoms with E-state index in [2.05, 4.69) is 24.5 Å². The SMILES string of the molecule is CC(C)c1cccc(NC(=O)C(=O)Nc2cccc(O)c2)c1. The lowest BCUT2D eigenvalue weighted by molar-refractivity contribution is -0.132. The van der Waals surface area contributed by atoms with Crippen molar-refractivity contribution in [3.63, 3.8) is 0 Å². The number of anilines is 2. The van der Waals surface area contributed by atoms with Crippen molar-refractivity contribution in [1.82, 2.24) is 0 Å². The predicted octanol–water partition coefficient (Wildman–Crippen LogP) is 3.09. The number of hydrogen-bond acceptors (Lipinski definition) is 3. The Hall–Kier alpha value is -2.82. The van der Waals surface area contributed by atoms with E-state index < -0.39 is 11.8 Å². The fourth-order valence-corrected chi connectivity index (χ4v) is 1.93. The normalized spacial score (nSPS) is 10.3. The summed E-state index contributed by atoms with van der Waals surface area (Å²) in [6.45, 7) is 4.10. The standard InChI is InChI=1S/C17H18N2O3/c1-11(2)12-5-3-6-13(9-12)18-16(21)17(22)19-14-7-4-8-15(20)10-14/h3-11,20H,1-2H3,(H,18,21)(H,19,22). The van der Waals surface area contributed by atoms with Gasteiger partial charge in [-0.3, -0.25) is 9.59 Å². The van der Waals surface area contributed by atoms with Gasteiger partial charge in [-0.2, -0.15) is 0 Å². The average molecular weight is 298 g/mol. The maximum Gasteiger partial charge on any atom is 0.314 e. The fraction of sp³-hybridized carbons (Fsp3) is 0.176. The number of carbonyl (C=O) groups excluding carboxylic acids is 2. The van der Waals surface area contributed by atoms with Crippen LogP contribution in [-0.2, 0) is 9.59 Å². The third-order valence-electron chi connectivity index (χ3n) is 3.12. The summed E-state index contributed by atoms with van der Waals surface area (Å²) in [5.41, 5.74) is 2.00. The molecule has 0 spiro atoms. The summed E-state index contributed by atoms with van der Waals surface area (Å²) in [7, 11) is 0.